The molecule has 0 saturated carbocycles. The normalized spacial score (nSPS) is 15.9. The molecule has 1 saturated heterocycles. The SMILES string of the molecule is COCCCNC(=O)C(=O)Nc1ccc(OC)c(N2CCCCS2(=O)=O)c1. The van der Waals surface area contributed by atoms with Gasteiger partial charge in [-0.25, -0.2) is 8.42 Å². The van der Waals surface area contributed by atoms with Crippen molar-refractivity contribution in [2.45, 2.75) is 19.3 Å². The first-order valence-electron chi connectivity index (χ1n) is 8.65. The number of sulfonamides is 1. The molecule has 1 aliphatic rings. The number of carbonyl (C=O) groups excluding carboxylic acids is 2. The van der Waals surface area contributed by atoms with E-state index in [1.54, 1.807) is 19.2 Å². The number of hydrogen-bond acceptors (Lipinski definition) is 6. The van der Waals surface area contributed by atoms with Crippen LogP contribution < -0.4 is 19.7 Å². The molecule has 0 aromatic heterocycles. The maximum absolute atomic E-state index is 12.4. The van der Waals surface area contributed by atoms with Gasteiger partial charge >= 0.3 is 11.8 Å². The van der Waals surface area contributed by atoms with Gasteiger partial charge in [-0.05, 0) is 37.5 Å². The van der Waals surface area contributed by atoms with Crippen LogP contribution in [-0.2, 0) is 24.3 Å². The number of benzene rings is 1. The van der Waals surface area contributed by atoms with Gasteiger partial charge in [-0.1, -0.05) is 0 Å². The van der Waals surface area contributed by atoms with E-state index in [9.17, 15) is 18.0 Å². The Labute approximate surface area is 159 Å². The van der Waals surface area contributed by atoms with E-state index in [2.05, 4.69) is 10.6 Å². The van der Waals surface area contributed by atoms with Gasteiger partial charge in [-0.15, -0.1) is 0 Å². The number of nitrogens with one attached hydrogen (secondary N) is 2. The van der Waals surface area contributed by atoms with Crippen LogP contribution in [0.15, 0.2) is 18.2 Å². The van der Waals surface area contributed by atoms with Crippen molar-refractivity contribution in [3.05, 3.63) is 18.2 Å². The summed E-state index contributed by atoms with van der Waals surface area (Å²) in [4.78, 5) is 23.9. The Balaban J connectivity index is 2.12. The molecule has 0 spiro atoms. The molecule has 9 nitrogen and oxygen atoms in total. The van der Waals surface area contributed by atoms with E-state index in [1.165, 1.54) is 17.5 Å². The Bertz CT molecular complexity index is 781. The zero-order valence-electron chi connectivity index (χ0n) is 15.5. The molecule has 2 amide bonds. The van der Waals surface area contributed by atoms with Crippen LogP contribution in [0.1, 0.15) is 19.3 Å². The monoisotopic (exact) mass is 399 g/mol. The summed E-state index contributed by atoms with van der Waals surface area (Å²) in [6, 6.07) is 4.61. The molecule has 10 heteroatoms. The molecular formula is C17H25N3O6S. The van der Waals surface area contributed by atoms with Crippen LogP contribution in [0.25, 0.3) is 0 Å². The molecule has 0 aliphatic carbocycles. The van der Waals surface area contributed by atoms with Crippen LogP contribution in [-0.4, -0.2) is 59.9 Å². The highest BCUT2D eigenvalue weighted by Gasteiger charge is 2.28. The zero-order chi connectivity index (χ0) is 19.9. The molecule has 1 fully saturated rings. The van der Waals surface area contributed by atoms with Crippen molar-refractivity contribution in [3.8, 4) is 5.75 Å². The van der Waals surface area contributed by atoms with Crippen molar-refractivity contribution >= 4 is 33.2 Å². The number of rotatable bonds is 7. The molecule has 150 valence electrons. The third-order valence-electron chi connectivity index (χ3n) is 4.07. The second kappa shape index (κ2) is 9.56. The fraction of sp³-hybridized carbons (Fsp3) is 0.529. The molecule has 1 aliphatic heterocycles. The average molecular weight is 399 g/mol. The molecule has 0 radical (unpaired) electrons. The first-order chi connectivity index (χ1) is 12.9. The van der Waals surface area contributed by atoms with Crippen molar-refractivity contribution in [1.29, 1.82) is 0 Å². The molecule has 2 N–H and O–H groups in total. The van der Waals surface area contributed by atoms with Crippen LogP contribution in [0.3, 0.4) is 0 Å². The van der Waals surface area contributed by atoms with E-state index < -0.39 is 21.8 Å². The maximum Gasteiger partial charge on any atom is 0.313 e. The first-order valence-corrected chi connectivity index (χ1v) is 10.3. The van der Waals surface area contributed by atoms with E-state index in [-0.39, 0.29) is 5.75 Å². The summed E-state index contributed by atoms with van der Waals surface area (Å²) in [6.07, 6.45) is 1.94. The van der Waals surface area contributed by atoms with Gasteiger partial charge in [0.25, 0.3) is 0 Å². The Morgan fingerprint density at radius 1 is 1.19 bits per heavy atom. The number of carbonyl (C=O) groups is 2. The summed E-state index contributed by atoms with van der Waals surface area (Å²) in [5, 5.41) is 4.97. The first kappa shape index (κ1) is 21.0. The lowest BCUT2D eigenvalue weighted by Crippen LogP contribution is -2.38. The Kier molecular flexibility index (Phi) is 7.43. The second-order valence-electron chi connectivity index (χ2n) is 6.04. The van der Waals surface area contributed by atoms with Gasteiger partial charge in [0, 0.05) is 32.5 Å². The predicted octanol–water partition coefficient (Wildman–Crippen LogP) is 0.716. The van der Waals surface area contributed by atoms with E-state index in [1.807, 2.05) is 0 Å². The predicted molar refractivity (Wildman–Crippen MR) is 101 cm³/mol. The number of amides is 2. The van der Waals surface area contributed by atoms with Gasteiger partial charge in [-0.2, -0.15) is 0 Å². The molecular weight excluding hydrogens is 374 g/mol. The summed E-state index contributed by atoms with van der Waals surface area (Å²) in [7, 11) is -0.439. The van der Waals surface area contributed by atoms with E-state index in [4.69, 9.17) is 9.47 Å². The Morgan fingerprint density at radius 2 is 1.96 bits per heavy atom. The lowest BCUT2D eigenvalue weighted by Gasteiger charge is -2.29. The van der Waals surface area contributed by atoms with Gasteiger partial charge in [-0.3, -0.25) is 13.9 Å². The van der Waals surface area contributed by atoms with Gasteiger partial charge in [0.2, 0.25) is 10.0 Å². The fourth-order valence-electron chi connectivity index (χ4n) is 2.71. The topological polar surface area (TPSA) is 114 Å². The Hall–Kier alpha value is -2.33. The molecule has 1 aromatic rings. The summed E-state index contributed by atoms with van der Waals surface area (Å²) >= 11 is 0. The third kappa shape index (κ3) is 5.57. The standard InChI is InChI=1S/C17H25N3O6S/c1-25-10-5-8-18-16(21)17(22)19-13-6-7-15(26-2)14(12-13)20-9-3-4-11-27(20,23)24/h6-7,12H,3-5,8-11H2,1-2H3,(H,18,21)(H,19,22). The van der Waals surface area contributed by atoms with Crippen LogP contribution in [0.4, 0.5) is 11.4 Å². The minimum Gasteiger partial charge on any atom is -0.495 e. The number of nitrogens with zero attached hydrogens (tertiary/aromatic N) is 1. The zero-order valence-corrected chi connectivity index (χ0v) is 16.3. The highest BCUT2D eigenvalue weighted by molar-refractivity contribution is 7.92. The minimum atomic E-state index is -3.44. The molecule has 1 aromatic carbocycles. The number of anilines is 2. The Morgan fingerprint density at radius 3 is 2.63 bits per heavy atom. The van der Waals surface area contributed by atoms with Gasteiger partial charge in [0.15, 0.2) is 0 Å². The number of ether oxygens (including phenoxy) is 2. The van der Waals surface area contributed by atoms with Gasteiger partial charge < -0.3 is 20.1 Å². The molecule has 0 unspecified atom stereocenters. The molecule has 27 heavy (non-hydrogen) atoms. The van der Waals surface area contributed by atoms with Gasteiger partial charge in [0.05, 0.1) is 18.6 Å². The summed E-state index contributed by atoms with van der Waals surface area (Å²) in [5.74, 6) is -1.15. The van der Waals surface area contributed by atoms with Crippen LogP contribution in [0.5, 0.6) is 5.75 Å². The highest BCUT2D eigenvalue weighted by atomic mass is 32.2. The van der Waals surface area contributed by atoms with Crippen molar-refractivity contribution < 1.29 is 27.5 Å². The van der Waals surface area contributed by atoms with Crippen molar-refractivity contribution in [2.75, 3.05) is 49.3 Å². The largest absolute Gasteiger partial charge is 0.495 e. The lowest BCUT2D eigenvalue weighted by molar-refractivity contribution is -0.136. The number of hydrogen-bond donors (Lipinski definition) is 2. The van der Waals surface area contributed by atoms with Crippen molar-refractivity contribution in [1.82, 2.24) is 5.32 Å². The maximum atomic E-state index is 12.4. The van der Waals surface area contributed by atoms with E-state index in [0.29, 0.717) is 49.7 Å². The molecule has 1 heterocycles. The minimum absolute atomic E-state index is 0.0661. The highest BCUT2D eigenvalue weighted by Crippen LogP contribution is 2.35. The van der Waals surface area contributed by atoms with Crippen LogP contribution in [0.2, 0.25) is 0 Å². The third-order valence-corrected chi connectivity index (χ3v) is 5.93. The van der Waals surface area contributed by atoms with Crippen molar-refractivity contribution in [3.63, 3.8) is 0 Å². The van der Waals surface area contributed by atoms with Crippen LogP contribution >= 0.6 is 0 Å². The second-order valence-corrected chi connectivity index (χ2v) is 8.05. The average Bonchev–Trinajstić information content (AvgIpc) is 2.64. The summed E-state index contributed by atoms with van der Waals surface area (Å²) in [5.41, 5.74) is 0.652. The quantitative estimate of drug-likeness (QED) is 0.516. The van der Waals surface area contributed by atoms with E-state index >= 15 is 0 Å². The summed E-state index contributed by atoms with van der Waals surface area (Å²) in [6.45, 7) is 1.14. The summed E-state index contributed by atoms with van der Waals surface area (Å²) < 4.78 is 36.2. The molecule has 2 rings (SSSR count). The molecule has 0 atom stereocenters. The van der Waals surface area contributed by atoms with Gasteiger partial charge in [0.1, 0.15) is 5.75 Å². The lowest BCUT2D eigenvalue weighted by atomic mass is 10.2. The smallest absolute Gasteiger partial charge is 0.313 e. The van der Waals surface area contributed by atoms with E-state index in [0.717, 1.165) is 6.42 Å². The fourth-order valence-corrected chi connectivity index (χ4v) is 4.35. The number of methoxy groups -OCH3 is 2. The van der Waals surface area contributed by atoms with Crippen molar-refractivity contribution in [2.24, 2.45) is 0 Å². The molecule has 0 bridgehead atoms. The van der Waals surface area contributed by atoms with Crippen LogP contribution in [0, 0.1) is 0 Å².